The summed E-state index contributed by atoms with van der Waals surface area (Å²) in [7, 11) is 0. The summed E-state index contributed by atoms with van der Waals surface area (Å²) in [5, 5.41) is 12.9. The first-order valence-corrected chi connectivity index (χ1v) is 3.44. The van der Waals surface area contributed by atoms with Crippen molar-refractivity contribution < 1.29 is 5.11 Å². The molecule has 0 saturated heterocycles. The summed E-state index contributed by atoms with van der Waals surface area (Å²) < 4.78 is 1.74. The molecule has 0 aromatic carbocycles. The number of aliphatic hydroxyl groups is 1. The van der Waals surface area contributed by atoms with Gasteiger partial charge in [0.25, 0.3) is 0 Å². The van der Waals surface area contributed by atoms with Gasteiger partial charge in [-0.3, -0.25) is 0 Å². The number of fused-ring (bicyclic) bond motifs is 1. The van der Waals surface area contributed by atoms with E-state index in [0.717, 1.165) is 5.52 Å². The molecule has 56 valence electrons. The van der Waals surface area contributed by atoms with Crippen molar-refractivity contribution in [2.75, 3.05) is 0 Å². The predicted octanol–water partition coefficient (Wildman–Crippen LogP) is 0.827. The van der Waals surface area contributed by atoms with E-state index < -0.39 is 0 Å². The lowest BCUT2D eigenvalue weighted by atomic mass is 10.4. The van der Waals surface area contributed by atoms with Gasteiger partial charge in [0.1, 0.15) is 0 Å². The smallest absolute Gasteiger partial charge is 0.0871 e. The fourth-order valence-corrected chi connectivity index (χ4v) is 1.05. The van der Waals surface area contributed by atoms with Crippen molar-refractivity contribution in [1.82, 2.24) is 9.61 Å². The van der Waals surface area contributed by atoms with Gasteiger partial charge in [0.2, 0.25) is 0 Å². The van der Waals surface area contributed by atoms with E-state index >= 15 is 0 Å². The average Bonchev–Trinajstić information content (AvgIpc) is 2.50. The van der Waals surface area contributed by atoms with Crippen LogP contribution in [0.4, 0.5) is 0 Å². The molecule has 0 unspecified atom stereocenters. The van der Waals surface area contributed by atoms with Crippen LogP contribution in [0.3, 0.4) is 0 Å². The Kier molecular flexibility index (Phi) is 1.36. The molecule has 0 saturated carbocycles. The summed E-state index contributed by atoms with van der Waals surface area (Å²) in [5.74, 6) is 0. The summed E-state index contributed by atoms with van der Waals surface area (Å²) >= 11 is 0. The number of hydrogen-bond acceptors (Lipinski definition) is 2. The van der Waals surface area contributed by atoms with Crippen molar-refractivity contribution in [3.63, 3.8) is 0 Å². The SMILES string of the molecule is OCc1ccc2cccn2n1. The minimum atomic E-state index is -0.00583. The lowest BCUT2D eigenvalue weighted by molar-refractivity contribution is 0.275. The number of rotatable bonds is 1. The van der Waals surface area contributed by atoms with Crippen LogP contribution in [0.25, 0.3) is 5.52 Å². The van der Waals surface area contributed by atoms with Crippen LogP contribution >= 0.6 is 0 Å². The van der Waals surface area contributed by atoms with Crippen molar-refractivity contribution in [2.24, 2.45) is 0 Å². The van der Waals surface area contributed by atoms with Crippen molar-refractivity contribution >= 4 is 5.52 Å². The first-order valence-electron chi connectivity index (χ1n) is 3.44. The molecule has 0 aliphatic rings. The van der Waals surface area contributed by atoms with Gasteiger partial charge in [-0.05, 0) is 24.3 Å². The van der Waals surface area contributed by atoms with Crippen LogP contribution in [0.2, 0.25) is 0 Å². The monoisotopic (exact) mass is 148 g/mol. The van der Waals surface area contributed by atoms with E-state index in [1.807, 2.05) is 30.5 Å². The second-order valence-electron chi connectivity index (χ2n) is 2.36. The lowest BCUT2D eigenvalue weighted by Crippen LogP contribution is -1.95. The number of aromatic nitrogens is 2. The molecule has 2 aromatic heterocycles. The van der Waals surface area contributed by atoms with E-state index in [-0.39, 0.29) is 6.61 Å². The number of hydrogen-bond donors (Lipinski definition) is 1. The van der Waals surface area contributed by atoms with Gasteiger partial charge in [0, 0.05) is 6.20 Å². The molecule has 2 aromatic rings. The summed E-state index contributed by atoms with van der Waals surface area (Å²) in [6, 6.07) is 7.63. The van der Waals surface area contributed by atoms with Crippen LogP contribution < -0.4 is 0 Å². The van der Waals surface area contributed by atoms with Gasteiger partial charge in [-0.15, -0.1) is 0 Å². The van der Waals surface area contributed by atoms with Crippen molar-refractivity contribution in [1.29, 1.82) is 0 Å². The van der Waals surface area contributed by atoms with E-state index in [0.29, 0.717) is 5.69 Å². The highest BCUT2D eigenvalue weighted by molar-refractivity contribution is 5.45. The molecule has 0 aliphatic carbocycles. The van der Waals surface area contributed by atoms with Crippen molar-refractivity contribution in [3.8, 4) is 0 Å². The van der Waals surface area contributed by atoms with Gasteiger partial charge in [0.05, 0.1) is 17.8 Å². The van der Waals surface area contributed by atoms with E-state index in [2.05, 4.69) is 5.10 Å². The van der Waals surface area contributed by atoms with Crippen LogP contribution in [-0.4, -0.2) is 14.7 Å². The minimum Gasteiger partial charge on any atom is -0.390 e. The van der Waals surface area contributed by atoms with Gasteiger partial charge >= 0.3 is 0 Å². The van der Waals surface area contributed by atoms with Gasteiger partial charge < -0.3 is 5.11 Å². The fraction of sp³-hybridized carbons (Fsp3) is 0.125. The Morgan fingerprint density at radius 3 is 3.09 bits per heavy atom. The van der Waals surface area contributed by atoms with Gasteiger partial charge in [-0.25, -0.2) is 4.52 Å². The molecular weight excluding hydrogens is 140 g/mol. The van der Waals surface area contributed by atoms with Crippen molar-refractivity contribution in [2.45, 2.75) is 6.61 Å². The standard InChI is InChI=1S/C8H8N2O/c11-6-7-3-4-8-2-1-5-10(8)9-7/h1-5,11H,6H2. The molecule has 0 fully saturated rings. The second-order valence-corrected chi connectivity index (χ2v) is 2.36. The molecular formula is C8H8N2O. The van der Waals surface area contributed by atoms with Crippen LogP contribution in [0.15, 0.2) is 30.5 Å². The van der Waals surface area contributed by atoms with Gasteiger partial charge in [-0.1, -0.05) is 0 Å². The third-order valence-corrected chi connectivity index (χ3v) is 1.60. The molecule has 0 bridgehead atoms. The van der Waals surface area contributed by atoms with Crippen LogP contribution in [0, 0.1) is 0 Å². The Labute approximate surface area is 63.9 Å². The maximum Gasteiger partial charge on any atom is 0.0871 e. The molecule has 0 radical (unpaired) electrons. The quantitative estimate of drug-likeness (QED) is 0.650. The topological polar surface area (TPSA) is 37.5 Å². The molecule has 0 spiro atoms. The zero-order chi connectivity index (χ0) is 7.68. The Morgan fingerprint density at radius 2 is 2.27 bits per heavy atom. The summed E-state index contributed by atoms with van der Waals surface area (Å²) in [6.07, 6.45) is 1.86. The Balaban J connectivity index is 2.67. The lowest BCUT2D eigenvalue weighted by Gasteiger charge is -1.96. The molecule has 0 atom stereocenters. The summed E-state index contributed by atoms with van der Waals surface area (Å²) in [6.45, 7) is -0.00583. The fourth-order valence-electron chi connectivity index (χ4n) is 1.05. The first-order chi connectivity index (χ1) is 5.40. The summed E-state index contributed by atoms with van der Waals surface area (Å²) in [4.78, 5) is 0. The average molecular weight is 148 g/mol. The molecule has 3 nitrogen and oxygen atoms in total. The Morgan fingerprint density at radius 1 is 1.36 bits per heavy atom. The zero-order valence-electron chi connectivity index (χ0n) is 5.94. The molecule has 2 rings (SSSR count). The molecule has 11 heavy (non-hydrogen) atoms. The highest BCUT2D eigenvalue weighted by atomic mass is 16.3. The third kappa shape index (κ3) is 0.991. The van der Waals surface area contributed by atoms with Crippen LogP contribution in [0.5, 0.6) is 0 Å². The number of aliphatic hydroxyl groups excluding tert-OH is 1. The van der Waals surface area contributed by atoms with E-state index in [1.54, 1.807) is 4.52 Å². The van der Waals surface area contributed by atoms with E-state index in [4.69, 9.17) is 5.11 Å². The largest absolute Gasteiger partial charge is 0.390 e. The first kappa shape index (κ1) is 6.37. The maximum absolute atomic E-state index is 8.76. The molecule has 0 amide bonds. The third-order valence-electron chi connectivity index (χ3n) is 1.60. The second kappa shape index (κ2) is 2.36. The van der Waals surface area contributed by atoms with Crippen LogP contribution in [0.1, 0.15) is 5.69 Å². The highest BCUT2D eigenvalue weighted by Gasteiger charge is 1.93. The molecule has 3 heteroatoms. The zero-order valence-corrected chi connectivity index (χ0v) is 5.94. The van der Waals surface area contributed by atoms with Crippen molar-refractivity contribution in [3.05, 3.63) is 36.2 Å². The molecule has 1 N–H and O–H groups in total. The Hall–Kier alpha value is -1.35. The highest BCUT2D eigenvalue weighted by Crippen LogP contribution is 2.03. The number of nitrogens with zero attached hydrogens (tertiary/aromatic N) is 2. The van der Waals surface area contributed by atoms with E-state index in [1.165, 1.54) is 0 Å². The van der Waals surface area contributed by atoms with Crippen LogP contribution in [-0.2, 0) is 6.61 Å². The minimum absolute atomic E-state index is 0.00583. The van der Waals surface area contributed by atoms with Gasteiger partial charge in [0.15, 0.2) is 0 Å². The Bertz CT molecular complexity index is 367. The molecule has 0 aliphatic heterocycles. The summed E-state index contributed by atoms with van der Waals surface area (Å²) in [5.41, 5.74) is 1.73. The molecule has 2 heterocycles. The predicted molar refractivity (Wildman–Crippen MR) is 41.1 cm³/mol. The van der Waals surface area contributed by atoms with E-state index in [9.17, 15) is 0 Å². The normalized spacial score (nSPS) is 10.6. The maximum atomic E-state index is 8.76. The van der Waals surface area contributed by atoms with Gasteiger partial charge in [-0.2, -0.15) is 5.10 Å².